The molecule has 2 N–H and O–H groups in total. The van der Waals surface area contributed by atoms with Gasteiger partial charge in [0.15, 0.2) is 5.78 Å². The molecule has 0 spiro atoms. The van der Waals surface area contributed by atoms with Crippen molar-refractivity contribution in [2.45, 2.75) is 19.4 Å². The molecule has 3 rings (SSSR count). The number of aromatic nitrogens is 1. The van der Waals surface area contributed by atoms with Crippen LogP contribution in [0.3, 0.4) is 0 Å². The highest BCUT2D eigenvalue weighted by molar-refractivity contribution is 5.90. The summed E-state index contributed by atoms with van der Waals surface area (Å²) in [6.45, 7) is 2.51. The number of H-pyrrole nitrogens is 1. The van der Waals surface area contributed by atoms with Crippen LogP contribution in [-0.2, 0) is 11.2 Å². The third-order valence-corrected chi connectivity index (χ3v) is 3.27. The number of benzene rings is 1. The number of carbonyl (C=O) groups is 1. The van der Waals surface area contributed by atoms with Crippen molar-refractivity contribution in [2.75, 3.05) is 6.54 Å². The fraction of sp³-hybridized carbons (Fsp3) is 0.308. The van der Waals surface area contributed by atoms with Crippen LogP contribution in [-0.4, -0.2) is 17.3 Å². The number of nitrogens with one attached hydrogen (secondary N) is 2. The van der Waals surface area contributed by atoms with E-state index in [9.17, 15) is 4.79 Å². The molecule has 1 aromatic carbocycles. The van der Waals surface area contributed by atoms with Crippen LogP contribution >= 0.6 is 0 Å². The molecule has 3 heteroatoms. The van der Waals surface area contributed by atoms with Gasteiger partial charge >= 0.3 is 0 Å². The predicted octanol–water partition coefficient (Wildman–Crippen LogP) is 1.94. The third-order valence-electron chi connectivity index (χ3n) is 3.27. The Balaban J connectivity index is 2.25. The molecular weight excluding hydrogens is 200 g/mol. The smallest absolute Gasteiger partial charge is 0.152 e. The summed E-state index contributed by atoms with van der Waals surface area (Å²) in [5.74, 6) is 0.174. The highest BCUT2D eigenvalue weighted by Crippen LogP contribution is 2.30. The fourth-order valence-corrected chi connectivity index (χ4v) is 2.53. The number of hydrogen-bond acceptors (Lipinski definition) is 2. The Kier molecular flexibility index (Phi) is 2.07. The molecule has 82 valence electrons. The molecule has 0 saturated heterocycles. The molecule has 0 amide bonds. The molecule has 1 aliphatic rings. The van der Waals surface area contributed by atoms with E-state index in [-0.39, 0.29) is 11.8 Å². The van der Waals surface area contributed by atoms with Gasteiger partial charge in [0.1, 0.15) is 6.04 Å². The zero-order valence-electron chi connectivity index (χ0n) is 9.21. The Labute approximate surface area is 93.9 Å². The van der Waals surface area contributed by atoms with E-state index < -0.39 is 0 Å². The van der Waals surface area contributed by atoms with Gasteiger partial charge in [-0.25, -0.2) is 0 Å². The summed E-state index contributed by atoms with van der Waals surface area (Å²) in [6, 6.07) is 8.08. The van der Waals surface area contributed by atoms with Crippen LogP contribution < -0.4 is 5.32 Å². The lowest BCUT2D eigenvalue weighted by molar-refractivity contribution is -0.119. The van der Waals surface area contributed by atoms with Crippen LogP contribution in [0, 0.1) is 0 Å². The van der Waals surface area contributed by atoms with E-state index in [1.165, 1.54) is 10.9 Å². The van der Waals surface area contributed by atoms with Gasteiger partial charge in [0.25, 0.3) is 0 Å². The molecular formula is C13H14N2O. The molecule has 2 heterocycles. The van der Waals surface area contributed by atoms with Crippen molar-refractivity contribution in [1.82, 2.24) is 10.3 Å². The minimum atomic E-state index is -0.156. The number of Topliss-reactive ketones (excluding diaryl/α,β-unsaturated/α-hetero) is 1. The van der Waals surface area contributed by atoms with E-state index in [0.717, 1.165) is 24.2 Å². The molecule has 1 aromatic heterocycles. The normalized spacial score (nSPS) is 19.7. The number of aromatic amines is 1. The van der Waals surface area contributed by atoms with Gasteiger partial charge in [-0.2, -0.15) is 0 Å². The minimum absolute atomic E-state index is 0.156. The van der Waals surface area contributed by atoms with Gasteiger partial charge in [0, 0.05) is 23.1 Å². The van der Waals surface area contributed by atoms with Crippen LogP contribution in [0.25, 0.3) is 10.9 Å². The average molecular weight is 214 g/mol. The second-order valence-electron chi connectivity index (χ2n) is 4.31. The van der Waals surface area contributed by atoms with E-state index >= 15 is 0 Å². The van der Waals surface area contributed by atoms with E-state index in [0.29, 0.717) is 0 Å². The molecule has 3 nitrogen and oxygen atoms in total. The average Bonchev–Trinajstić information content (AvgIpc) is 2.67. The Hall–Kier alpha value is -1.61. The van der Waals surface area contributed by atoms with Gasteiger partial charge < -0.3 is 10.3 Å². The molecule has 0 radical (unpaired) electrons. The van der Waals surface area contributed by atoms with Crippen molar-refractivity contribution in [2.24, 2.45) is 0 Å². The van der Waals surface area contributed by atoms with Gasteiger partial charge in [0.05, 0.1) is 0 Å². The maximum absolute atomic E-state index is 11.6. The lowest BCUT2D eigenvalue weighted by atomic mass is 9.97. The second-order valence-corrected chi connectivity index (χ2v) is 4.31. The van der Waals surface area contributed by atoms with E-state index in [1.54, 1.807) is 6.92 Å². The first kappa shape index (κ1) is 9.60. The molecule has 0 aliphatic carbocycles. The Morgan fingerprint density at radius 3 is 3.00 bits per heavy atom. The van der Waals surface area contributed by atoms with Crippen LogP contribution in [0.2, 0.25) is 0 Å². The molecule has 0 bridgehead atoms. The van der Waals surface area contributed by atoms with Gasteiger partial charge in [-0.1, -0.05) is 18.2 Å². The van der Waals surface area contributed by atoms with Crippen LogP contribution in [0.15, 0.2) is 24.3 Å². The van der Waals surface area contributed by atoms with Crippen molar-refractivity contribution >= 4 is 16.7 Å². The van der Waals surface area contributed by atoms with Crippen LogP contribution in [0.4, 0.5) is 0 Å². The zero-order valence-corrected chi connectivity index (χ0v) is 9.21. The summed E-state index contributed by atoms with van der Waals surface area (Å²) in [4.78, 5) is 14.9. The zero-order chi connectivity index (χ0) is 11.1. The van der Waals surface area contributed by atoms with E-state index in [4.69, 9.17) is 0 Å². The monoisotopic (exact) mass is 214 g/mol. The molecule has 1 atom stereocenters. The Morgan fingerprint density at radius 1 is 1.38 bits per heavy atom. The van der Waals surface area contributed by atoms with Crippen LogP contribution in [0.5, 0.6) is 0 Å². The number of rotatable bonds is 1. The highest BCUT2D eigenvalue weighted by Gasteiger charge is 2.26. The highest BCUT2D eigenvalue weighted by atomic mass is 16.1. The molecule has 0 saturated carbocycles. The number of hydrogen-bond donors (Lipinski definition) is 2. The topological polar surface area (TPSA) is 44.9 Å². The first-order valence-electron chi connectivity index (χ1n) is 5.60. The van der Waals surface area contributed by atoms with Crippen molar-refractivity contribution in [3.63, 3.8) is 0 Å². The molecule has 16 heavy (non-hydrogen) atoms. The number of carbonyl (C=O) groups excluding carboxylic acids is 1. The third kappa shape index (κ3) is 1.28. The largest absolute Gasteiger partial charge is 0.356 e. The first-order valence-corrected chi connectivity index (χ1v) is 5.60. The molecule has 0 fully saturated rings. The van der Waals surface area contributed by atoms with Crippen molar-refractivity contribution in [3.8, 4) is 0 Å². The predicted molar refractivity (Wildman–Crippen MR) is 63.4 cm³/mol. The summed E-state index contributed by atoms with van der Waals surface area (Å²) >= 11 is 0. The van der Waals surface area contributed by atoms with Gasteiger partial charge in [-0.05, 0) is 25.0 Å². The second kappa shape index (κ2) is 3.46. The summed E-state index contributed by atoms with van der Waals surface area (Å²) in [5.41, 5.74) is 3.48. The standard InChI is InChI=1S/C13H14N2O/c1-8(16)12-13-10(6-7-14-12)9-4-2-3-5-11(9)15-13/h2-5,12,14-15H,6-7H2,1H3. The van der Waals surface area contributed by atoms with Crippen molar-refractivity contribution < 1.29 is 4.79 Å². The van der Waals surface area contributed by atoms with Crippen LogP contribution in [0.1, 0.15) is 24.2 Å². The molecule has 1 aliphatic heterocycles. The minimum Gasteiger partial charge on any atom is -0.356 e. The summed E-state index contributed by atoms with van der Waals surface area (Å²) < 4.78 is 0. The van der Waals surface area contributed by atoms with Gasteiger partial charge in [-0.3, -0.25) is 4.79 Å². The number of fused-ring (bicyclic) bond motifs is 3. The SMILES string of the molecule is CC(=O)C1NCCc2c1[nH]c1ccccc21. The first-order chi connectivity index (χ1) is 7.77. The Bertz CT molecular complexity index is 556. The van der Waals surface area contributed by atoms with Gasteiger partial charge in [-0.15, -0.1) is 0 Å². The van der Waals surface area contributed by atoms with E-state index in [1.807, 2.05) is 12.1 Å². The number of ketones is 1. The maximum atomic E-state index is 11.6. The molecule has 1 unspecified atom stereocenters. The quantitative estimate of drug-likeness (QED) is 0.762. The van der Waals surface area contributed by atoms with Crippen molar-refractivity contribution in [1.29, 1.82) is 0 Å². The fourth-order valence-electron chi connectivity index (χ4n) is 2.53. The summed E-state index contributed by atoms with van der Waals surface area (Å²) in [5, 5.41) is 4.51. The Morgan fingerprint density at radius 2 is 2.19 bits per heavy atom. The van der Waals surface area contributed by atoms with E-state index in [2.05, 4.69) is 22.4 Å². The number of para-hydroxylation sites is 1. The maximum Gasteiger partial charge on any atom is 0.152 e. The lowest BCUT2D eigenvalue weighted by Crippen LogP contribution is -2.33. The van der Waals surface area contributed by atoms with Crippen molar-refractivity contribution in [3.05, 3.63) is 35.5 Å². The molecule has 2 aromatic rings. The summed E-state index contributed by atoms with van der Waals surface area (Å²) in [7, 11) is 0. The lowest BCUT2D eigenvalue weighted by Gasteiger charge is -2.21. The summed E-state index contributed by atoms with van der Waals surface area (Å²) in [6.07, 6.45) is 0.989. The van der Waals surface area contributed by atoms with Gasteiger partial charge in [0.2, 0.25) is 0 Å².